The normalized spacial score (nSPS) is 14.5. The van der Waals surface area contributed by atoms with Crippen LogP contribution in [-0.4, -0.2) is 41.3 Å². The van der Waals surface area contributed by atoms with Gasteiger partial charge in [0.1, 0.15) is 17.2 Å². The van der Waals surface area contributed by atoms with Gasteiger partial charge in [0.25, 0.3) is 5.91 Å². The molecule has 1 aliphatic rings. The number of carbonyl (C=O) groups is 2. The number of amides is 2. The second-order valence-corrected chi connectivity index (χ2v) is 7.78. The van der Waals surface area contributed by atoms with E-state index in [0.717, 1.165) is 12.1 Å². The number of hydrogen-bond donors (Lipinski definition) is 2. The van der Waals surface area contributed by atoms with E-state index in [1.807, 2.05) is 0 Å². The van der Waals surface area contributed by atoms with E-state index in [4.69, 9.17) is 10.5 Å². The maximum Gasteiger partial charge on any atom is 0.416 e. The molecular formula is C24H21F3N4O3. The molecule has 2 aromatic carbocycles. The lowest BCUT2D eigenvalue weighted by atomic mass is 10.1. The van der Waals surface area contributed by atoms with Crippen molar-refractivity contribution in [2.75, 3.05) is 19.6 Å². The van der Waals surface area contributed by atoms with E-state index in [1.54, 1.807) is 41.3 Å². The molecule has 10 heteroatoms. The van der Waals surface area contributed by atoms with Crippen molar-refractivity contribution in [3.05, 3.63) is 77.5 Å². The minimum absolute atomic E-state index is 0.0990. The highest BCUT2D eigenvalue weighted by Crippen LogP contribution is 2.35. The lowest BCUT2D eigenvalue weighted by molar-refractivity contribution is -0.137. The monoisotopic (exact) mass is 470 g/mol. The maximum absolute atomic E-state index is 13.3. The summed E-state index contributed by atoms with van der Waals surface area (Å²) in [6.45, 7) is 1.18. The molecule has 0 bridgehead atoms. The summed E-state index contributed by atoms with van der Waals surface area (Å²) in [5, 5.41) is 2.69. The SMILES string of the molecule is NC(=O)c1cccc(-c2ccc(Oc3ccc(C(F)(F)F)cc3CN3CCNC(=O)C3)cc2)n1. The Balaban J connectivity index is 1.58. The van der Waals surface area contributed by atoms with Crippen molar-refractivity contribution in [1.29, 1.82) is 0 Å². The fourth-order valence-electron chi connectivity index (χ4n) is 3.60. The molecule has 1 fully saturated rings. The van der Waals surface area contributed by atoms with Crippen molar-refractivity contribution in [1.82, 2.24) is 15.2 Å². The number of carbonyl (C=O) groups excluding carboxylic acids is 2. The van der Waals surface area contributed by atoms with Crippen LogP contribution in [0.1, 0.15) is 21.6 Å². The number of benzene rings is 2. The summed E-state index contributed by atoms with van der Waals surface area (Å²) in [5.74, 6) is -0.138. The van der Waals surface area contributed by atoms with Crippen LogP contribution >= 0.6 is 0 Å². The van der Waals surface area contributed by atoms with Gasteiger partial charge in [0, 0.05) is 30.8 Å². The smallest absolute Gasteiger partial charge is 0.416 e. The zero-order chi connectivity index (χ0) is 24.3. The first-order valence-electron chi connectivity index (χ1n) is 10.4. The zero-order valence-corrected chi connectivity index (χ0v) is 17.9. The van der Waals surface area contributed by atoms with Crippen molar-refractivity contribution < 1.29 is 27.5 Å². The molecule has 0 aliphatic carbocycles. The van der Waals surface area contributed by atoms with Crippen LogP contribution in [0.25, 0.3) is 11.3 Å². The van der Waals surface area contributed by atoms with Crippen molar-refractivity contribution in [2.24, 2.45) is 5.73 Å². The highest BCUT2D eigenvalue weighted by Gasteiger charge is 2.31. The number of alkyl halides is 3. The predicted octanol–water partition coefficient (Wildman–Crippen LogP) is 3.59. The van der Waals surface area contributed by atoms with Crippen molar-refractivity contribution in [3.8, 4) is 22.8 Å². The highest BCUT2D eigenvalue weighted by molar-refractivity contribution is 5.91. The molecule has 1 aromatic heterocycles. The van der Waals surface area contributed by atoms with Crippen LogP contribution in [0, 0.1) is 0 Å². The first-order valence-corrected chi connectivity index (χ1v) is 10.4. The number of piperazine rings is 1. The average molecular weight is 470 g/mol. The largest absolute Gasteiger partial charge is 0.457 e. The summed E-state index contributed by atoms with van der Waals surface area (Å²) < 4.78 is 45.8. The molecule has 0 spiro atoms. The van der Waals surface area contributed by atoms with Crippen LogP contribution in [0.2, 0.25) is 0 Å². The van der Waals surface area contributed by atoms with Crippen LogP contribution in [0.4, 0.5) is 13.2 Å². The summed E-state index contributed by atoms with van der Waals surface area (Å²) in [6.07, 6.45) is -4.50. The predicted molar refractivity (Wildman–Crippen MR) is 118 cm³/mol. The van der Waals surface area contributed by atoms with Gasteiger partial charge in [-0.1, -0.05) is 6.07 Å². The first-order chi connectivity index (χ1) is 16.2. The van der Waals surface area contributed by atoms with Gasteiger partial charge in [-0.2, -0.15) is 13.2 Å². The van der Waals surface area contributed by atoms with Gasteiger partial charge in [0.05, 0.1) is 17.8 Å². The van der Waals surface area contributed by atoms with Gasteiger partial charge in [-0.05, 0) is 54.6 Å². The van der Waals surface area contributed by atoms with E-state index in [1.165, 1.54) is 12.1 Å². The van der Waals surface area contributed by atoms with E-state index in [9.17, 15) is 22.8 Å². The number of hydrogen-bond acceptors (Lipinski definition) is 5. The van der Waals surface area contributed by atoms with Gasteiger partial charge in [-0.25, -0.2) is 4.98 Å². The van der Waals surface area contributed by atoms with Crippen molar-refractivity contribution >= 4 is 11.8 Å². The standard InChI is InChI=1S/C24H21F3N4O3/c25-24(26,27)17-6-9-21(16(12-17)13-31-11-10-29-22(32)14-31)34-18-7-4-15(5-8-18)19-2-1-3-20(30-19)23(28)33/h1-9,12H,10-11,13-14H2,(H2,28,33)(H,29,32). The Morgan fingerprint density at radius 2 is 1.88 bits per heavy atom. The molecule has 0 radical (unpaired) electrons. The van der Waals surface area contributed by atoms with Gasteiger partial charge in [-0.3, -0.25) is 14.5 Å². The Kier molecular flexibility index (Phi) is 6.51. The molecule has 1 saturated heterocycles. The number of ether oxygens (including phenoxy) is 1. The third-order valence-electron chi connectivity index (χ3n) is 5.28. The Bertz CT molecular complexity index is 1210. The lowest BCUT2D eigenvalue weighted by Crippen LogP contribution is -2.47. The molecule has 3 aromatic rings. The van der Waals surface area contributed by atoms with Crippen LogP contribution < -0.4 is 15.8 Å². The number of aromatic nitrogens is 1. The number of nitrogens with two attached hydrogens (primary N) is 1. The summed E-state index contributed by atoms with van der Waals surface area (Å²) >= 11 is 0. The van der Waals surface area contributed by atoms with Crippen LogP contribution in [0.3, 0.4) is 0 Å². The second kappa shape index (κ2) is 9.52. The van der Waals surface area contributed by atoms with Gasteiger partial charge in [0.2, 0.25) is 5.91 Å². The Morgan fingerprint density at radius 3 is 2.56 bits per heavy atom. The average Bonchev–Trinajstić information content (AvgIpc) is 2.80. The number of nitrogens with zero attached hydrogens (tertiary/aromatic N) is 2. The number of halogens is 3. The molecule has 34 heavy (non-hydrogen) atoms. The Morgan fingerprint density at radius 1 is 1.12 bits per heavy atom. The van der Waals surface area contributed by atoms with Gasteiger partial charge in [-0.15, -0.1) is 0 Å². The molecule has 176 valence electrons. The molecule has 0 atom stereocenters. The quantitative estimate of drug-likeness (QED) is 0.574. The summed E-state index contributed by atoms with van der Waals surface area (Å²) in [7, 11) is 0. The van der Waals surface area contributed by atoms with Crippen molar-refractivity contribution in [2.45, 2.75) is 12.7 Å². The van der Waals surface area contributed by atoms with E-state index in [-0.39, 0.29) is 30.4 Å². The Labute approximate surface area is 193 Å². The fourth-order valence-corrected chi connectivity index (χ4v) is 3.60. The maximum atomic E-state index is 13.3. The molecular weight excluding hydrogens is 449 g/mol. The highest BCUT2D eigenvalue weighted by atomic mass is 19.4. The van der Waals surface area contributed by atoms with Gasteiger partial charge >= 0.3 is 6.18 Å². The summed E-state index contributed by atoms with van der Waals surface area (Å²) in [6, 6.07) is 15.0. The van der Waals surface area contributed by atoms with Crippen LogP contribution in [-0.2, 0) is 17.5 Å². The second-order valence-electron chi connectivity index (χ2n) is 7.78. The molecule has 2 heterocycles. The van der Waals surface area contributed by atoms with E-state index in [2.05, 4.69) is 10.3 Å². The third-order valence-corrected chi connectivity index (χ3v) is 5.28. The molecule has 0 unspecified atom stereocenters. The molecule has 0 saturated carbocycles. The molecule has 4 rings (SSSR count). The molecule has 2 amide bonds. The summed E-state index contributed by atoms with van der Waals surface area (Å²) in [5.41, 5.74) is 6.21. The van der Waals surface area contributed by atoms with E-state index < -0.39 is 17.6 Å². The number of pyridine rings is 1. The minimum Gasteiger partial charge on any atom is -0.457 e. The minimum atomic E-state index is -4.50. The Hall–Kier alpha value is -3.92. The molecule has 3 N–H and O–H groups in total. The fraction of sp³-hybridized carbons (Fsp3) is 0.208. The number of primary amides is 1. The zero-order valence-electron chi connectivity index (χ0n) is 17.9. The molecule has 1 aliphatic heterocycles. The third kappa shape index (κ3) is 5.52. The van der Waals surface area contributed by atoms with E-state index >= 15 is 0 Å². The summed E-state index contributed by atoms with van der Waals surface area (Å²) in [4.78, 5) is 29.0. The first kappa shape index (κ1) is 23.2. The van der Waals surface area contributed by atoms with Crippen LogP contribution in [0.15, 0.2) is 60.7 Å². The lowest BCUT2D eigenvalue weighted by Gasteiger charge is -2.27. The van der Waals surface area contributed by atoms with Gasteiger partial charge in [0.15, 0.2) is 0 Å². The molecule has 7 nitrogen and oxygen atoms in total. The topological polar surface area (TPSA) is 97.5 Å². The van der Waals surface area contributed by atoms with E-state index in [0.29, 0.717) is 35.7 Å². The van der Waals surface area contributed by atoms with Crippen LogP contribution in [0.5, 0.6) is 11.5 Å². The van der Waals surface area contributed by atoms with Crippen molar-refractivity contribution in [3.63, 3.8) is 0 Å². The number of rotatable bonds is 6. The van der Waals surface area contributed by atoms with Gasteiger partial charge < -0.3 is 15.8 Å². The number of nitrogens with one attached hydrogen (secondary N) is 1.